The first kappa shape index (κ1) is 33.0. The Morgan fingerprint density at radius 2 is 0.904 bits per heavy atom. The molecule has 2 aliphatic rings. The molecule has 3 aromatic carbocycles. The Bertz CT molecular complexity index is 2400. The molecule has 0 saturated carbocycles. The molecule has 0 amide bonds. The van der Waals surface area contributed by atoms with Crippen LogP contribution in [-0.4, -0.2) is 34.9 Å². The summed E-state index contributed by atoms with van der Waals surface area (Å²) in [4.78, 5) is 33.8. The van der Waals surface area contributed by atoms with E-state index in [0.29, 0.717) is 17.5 Å². The number of benzene rings is 3. The Balaban J connectivity index is 1.12. The van der Waals surface area contributed by atoms with E-state index in [-0.39, 0.29) is 0 Å². The van der Waals surface area contributed by atoms with Crippen molar-refractivity contribution in [3.05, 3.63) is 161 Å². The monoisotopic (exact) mass is 677 g/mol. The molecule has 7 heteroatoms. The van der Waals surface area contributed by atoms with E-state index in [0.717, 1.165) is 93.5 Å². The van der Waals surface area contributed by atoms with Crippen molar-refractivity contribution in [3.8, 4) is 45.3 Å². The highest BCUT2D eigenvalue weighted by atomic mass is 15.0. The van der Waals surface area contributed by atoms with Crippen molar-refractivity contribution in [2.45, 2.75) is 53.4 Å². The van der Waals surface area contributed by atoms with Crippen LogP contribution in [0.4, 0.5) is 0 Å². The first-order valence-electron chi connectivity index (χ1n) is 17.8. The van der Waals surface area contributed by atoms with Gasteiger partial charge in [-0.3, -0.25) is 0 Å². The quantitative estimate of drug-likeness (QED) is 0.166. The molecule has 0 saturated heterocycles. The SMILES string of the molecule is Cc1cc(C)nc(C2=CC=C(C3=CC(c4nc(-c5ccccc5)nc(-c5cccc(-c6ccc(-c7nc(C)cc(C)n7)cc6)c5)n4)=CCC3)CC2)n1. The molecule has 0 aliphatic heterocycles. The molecular formula is C45H39N7. The van der Waals surface area contributed by atoms with Crippen molar-refractivity contribution in [2.24, 2.45) is 0 Å². The zero-order chi connectivity index (χ0) is 35.6. The lowest BCUT2D eigenvalue weighted by Crippen LogP contribution is -2.06. The average Bonchev–Trinajstić information content (AvgIpc) is 3.17. The van der Waals surface area contributed by atoms with Gasteiger partial charge in [-0.25, -0.2) is 34.9 Å². The highest BCUT2D eigenvalue weighted by Gasteiger charge is 2.19. The summed E-state index contributed by atoms with van der Waals surface area (Å²) in [7, 11) is 0. The van der Waals surface area contributed by atoms with Crippen molar-refractivity contribution in [3.63, 3.8) is 0 Å². The summed E-state index contributed by atoms with van der Waals surface area (Å²) in [6.45, 7) is 8.05. The number of hydrogen-bond acceptors (Lipinski definition) is 7. The van der Waals surface area contributed by atoms with E-state index in [1.54, 1.807) is 0 Å². The Kier molecular flexibility index (Phi) is 9.00. The fourth-order valence-electron chi connectivity index (χ4n) is 6.93. The van der Waals surface area contributed by atoms with E-state index in [2.05, 4.69) is 82.8 Å². The number of hydrogen-bond donors (Lipinski definition) is 0. The van der Waals surface area contributed by atoms with Gasteiger partial charge in [0.1, 0.15) is 0 Å². The van der Waals surface area contributed by atoms with Crippen LogP contribution >= 0.6 is 0 Å². The van der Waals surface area contributed by atoms with Gasteiger partial charge in [0, 0.05) is 45.0 Å². The van der Waals surface area contributed by atoms with Gasteiger partial charge in [0.2, 0.25) is 0 Å². The molecule has 8 rings (SSSR count). The number of rotatable bonds is 7. The van der Waals surface area contributed by atoms with Crippen molar-refractivity contribution >= 4 is 11.1 Å². The standard InChI is InChI=1S/C45H39N7/c1-28-24-29(2)47-41(46-28)35-20-16-32(17-21-35)37-12-8-14-39(26-37)44-50-43(34-10-6-5-7-11-34)51-45(52-44)40-15-9-13-38(27-40)33-18-22-36(23-19-33)42-48-30(3)25-31(4)49-42/h5-8,10-12,14-18,20-22,24-27H,9,13,19,23H2,1-4H3. The third kappa shape index (κ3) is 7.16. The second-order valence-electron chi connectivity index (χ2n) is 13.5. The van der Waals surface area contributed by atoms with Crippen LogP contribution in [0.3, 0.4) is 0 Å². The van der Waals surface area contributed by atoms with Crippen molar-refractivity contribution < 1.29 is 0 Å². The average molecular weight is 678 g/mol. The van der Waals surface area contributed by atoms with Crippen LogP contribution < -0.4 is 0 Å². The molecule has 254 valence electrons. The first-order chi connectivity index (χ1) is 25.3. The maximum atomic E-state index is 5.11. The number of nitrogens with zero attached hydrogens (tertiary/aromatic N) is 7. The highest BCUT2D eigenvalue weighted by molar-refractivity contribution is 5.77. The Morgan fingerprint density at radius 3 is 1.58 bits per heavy atom. The van der Waals surface area contributed by atoms with Crippen molar-refractivity contribution in [2.75, 3.05) is 0 Å². The number of allylic oxidation sites excluding steroid dienone is 8. The molecule has 2 aliphatic carbocycles. The third-order valence-corrected chi connectivity index (χ3v) is 9.44. The molecule has 0 fully saturated rings. The summed E-state index contributed by atoms with van der Waals surface area (Å²) < 4.78 is 0. The van der Waals surface area contributed by atoms with E-state index in [1.807, 2.05) is 70.2 Å². The van der Waals surface area contributed by atoms with Crippen molar-refractivity contribution in [1.82, 2.24) is 34.9 Å². The van der Waals surface area contributed by atoms with Gasteiger partial charge >= 0.3 is 0 Å². The van der Waals surface area contributed by atoms with Crippen LogP contribution in [0, 0.1) is 27.7 Å². The molecule has 0 bridgehead atoms. The molecule has 0 atom stereocenters. The second-order valence-corrected chi connectivity index (χ2v) is 13.5. The molecule has 0 N–H and O–H groups in total. The topological polar surface area (TPSA) is 90.2 Å². The molecule has 3 aromatic heterocycles. The second kappa shape index (κ2) is 14.2. The minimum atomic E-state index is 0.644. The fourth-order valence-corrected chi connectivity index (χ4v) is 6.93. The molecular weight excluding hydrogens is 639 g/mol. The molecule has 3 heterocycles. The highest BCUT2D eigenvalue weighted by Crippen LogP contribution is 2.35. The molecule has 0 radical (unpaired) electrons. The maximum absolute atomic E-state index is 5.11. The van der Waals surface area contributed by atoms with Crippen LogP contribution in [0.25, 0.3) is 56.4 Å². The van der Waals surface area contributed by atoms with E-state index in [1.165, 1.54) is 16.7 Å². The summed E-state index contributed by atoms with van der Waals surface area (Å²) in [5, 5.41) is 0. The number of aryl methyl sites for hydroxylation is 4. The van der Waals surface area contributed by atoms with Gasteiger partial charge < -0.3 is 0 Å². The van der Waals surface area contributed by atoms with Crippen LogP contribution in [0.1, 0.15) is 60.1 Å². The van der Waals surface area contributed by atoms with Gasteiger partial charge in [-0.15, -0.1) is 0 Å². The van der Waals surface area contributed by atoms with Gasteiger partial charge in [0.15, 0.2) is 29.1 Å². The fraction of sp³-hybridized carbons (Fsp3) is 0.178. The summed E-state index contributed by atoms with van der Waals surface area (Å²) in [5.74, 6) is 3.56. The van der Waals surface area contributed by atoms with Gasteiger partial charge in [0.25, 0.3) is 0 Å². The summed E-state index contributed by atoms with van der Waals surface area (Å²) in [6, 6.07) is 31.0. The van der Waals surface area contributed by atoms with Gasteiger partial charge in [-0.1, -0.05) is 91.0 Å². The lowest BCUT2D eigenvalue weighted by molar-refractivity contribution is 0.892. The van der Waals surface area contributed by atoms with E-state index >= 15 is 0 Å². The predicted octanol–water partition coefficient (Wildman–Crippen LogP) is 10.3. The predicted molar refractivity (Wildman–Crippen MR) is 209 cm³/mol. The first-order valence-corrected chi connectivity index (χ1v) is 17.8. The normalized spacial score (nSPS) is 14.3. The minimum Gasteiger partial charge on any atom is -0.234 e. The Hall–Kier alpha value is -6.21. The van der Waals surface area contributed by atoms with Gasteiger partial charge in [-0.05, 0) is 105 Å². The largest absolute Gasteiger partial charge is 0.234 e. The van der Waals surface area contributed by atoms with Gasteiger partial charge in [-0.2, -0.15) is 0 Å². The molecule has 7 nitrogen and oxygen atoms in total. The molecule has 0 unspecified atom stereocenters. The van der Waals surface area contributed by atoms with E-state index in [9.17, 15) is 0 Å². The van der Waals surface area contributed by atoms with E-state index in [4.69, 9.17) is 24.9 Å². The van der Waals surface area contributed by atoms with Crippen LogP contribution in [0.15, 0.2) is 126 Å². The molecule has 52 heavy (non-hydrogen) atoms. The van der Waals surface area contributed by atoms with Crippen LogP contribution in [0.5, 0.6) is 0 Å². The van der Waals surface area contributed by atoms with Crippen LogP contribution in [-0.2, 0) is 0 Å². The lowest BCUT2D eigenvalue weighted by atomic mass is 9.87. The summed E-state index contributed by atoms with van der Waals surface area (Å²) in [5.41, 5.74) is 13.9. The zero-order valence-corrected chi connectivity index (χ0v) is 29.9. The Morgan fingerprint density at radius 1 is 0.385 bits per heavy atom. The zero-order valence-electron chi connectivity index (χ0n) is 29.9. The lowest BCUT2D eigenvalue weighted by Gasteiger charge is -2.20. The minimum absolute atomic E-state index is 0.644. The smallest absolute Gasteiger partial charge is 0.164 e. The molecule has 6 aromatic rings. The number of aromatic nitrogens is 7. The maximum Gasteiger partial charge on any atom is 0.164 e. The summed E-state index contributed by atoms with van der Waals surface area (Å²) in [6.07, 6.45) is 12.7. The third-order valence-electron chi connectivity index (χ3n) is 9.44. The van der Waals surface area contributed by atoms with E-state index < -0.39 is 0 Å². The summed E-state index contributed by atoms with van der Waals surface area (Å²) >= 11 is 0. The van der Waals surface area contributed by atoms with Gasteiger partial charge in [0.05, 0.1) is 0 Å². The Labute approximate surface area is 304 Å². The van der Waals surface area contributed by atoms with Crippen LogP contribution in [0.2, 0.25) is 0 Å². The van der Waals surface area contributed by atoms with Crippen molar-refractivity contribution in [1.29, 1.82) is 0 Å². The molecule has 0 spiro atoms.